The number of rotatable bonds is 9. The molecule has 1 saturated carbocycles. The van der Waals surface area contributed by atoms with E-state index in [0.29, 0.717) is 12.0 Å². The Morgan fingerprint density at radius 3 is 1.79 bits per heavy atom. The zero-order valence-electron chi connectivity index (χ0n) is 27.4. The third-order valence-electron chi connectivity index (χ3n) is 6.58. The molecule has 1 aromatic carbocycles. The molecule has 222 valence electrons. The van der Waals surface area contributed by atoms with E-state index >= 15 is 0 Å². The first-order valence-electron chi connectivity index (χ1n) is 15.6. The van der Waals surface area contributed by atoms with Crippen LogP contribution in [0.5, 0.6) is 0 Å². The molecule has 0 saturated heterocycles. The first-order chi connectivity index (χ1) is 17.9. The zero-order chi connectivity index (χ0) is 29.8. The van der Waals surface area contributed by atoms with Crippen LogP contribution in [-0.2, 0) is 12.0 Å². The van der Waals surface area contributed by atoms with Gasteiger partial charge in [0, 0.05) is 12.0 Å². The topological polar surface area (TPSA) is 43.7 Å². The minimum Gasteiger partial charge on any atom is -0.390 e. The summed E-state index contributed by atoms with van der Waals surface area (Å²) in [6.07, 6.45) is 17.6. The van der Waals surface area contributed by atoms with Crippen molar-refractivity contribution in [1.82, 2.24) is 4.90 Å². The molecule has 0 bridgehead atoms. The van der Waals surface area contributed by atoms with Crippen molar-refractivity contribution in [1.29, 1.82) is 0 Å². The van der Waals surface area contributed by atoms with Crippen molar-refractivity contribution in [2.75, 3.05) is 13.1 Å². The van der Waals surface area contributed by atoms with Gasteiger partial charge in [0.1, 0.15) is 0 Å². The lowest BCUT2D eigenvalue weighted by Crippen LogP contribution is -2.39. The number of hydrogen-bond donors (Lipinski definition) is 2. The summed E-state index contributed by atoms with van der Waals surface area (Å²) < 4.78 is 0. The molecule has 1 fully saturated rings. The molecule has 0 radical (unpaired) electrons. The summed E-state index contributed by atoms with van der Waals surface area (Å²) in [5, 5.41) is 19.8. The van der Waals surface area contributed by atoms with Gasteiger partial charge in [0.05, 0.1) is 11.2 Å². The maximum absolute atomic E-state index is 9.99. The van der Waals surface area contributed by atoms with Crippen molar-refractivity contribution in [2.45, 2.75) is 145 Å². The number of aliphatic hydroxyl groups is 2. The largest absolute Gasteiger partial charge is 0.390 e. The Morgan fingerprint density at radius 1 is 0.816 bits per heavy atom. The molecule has 3 nitrogen and oxygen atoms in total. The second-order valence-electron chi connectivity index (χ2n) is 11.1. The number of unbranched alkanes of at least 4 members (excludes halogenated alkanes) is 1. The Labute approximate surface area is 238 Å². The van der Waals surface area contributed by atoms with E-state index in [1.54, 1.807) is 27.7 Å². The van der Waals surface area contributed by atoms with Crippen LogP contribution < -0.4 is 0 Å². The van der Waals surface area contributed by atoms with Gasteiger partial charge >= 0.3 is 0 Å². The SMILES string of the molecule is CC.CC.CC(C)(O)Cc1ccccc1C(C)(C)O.CCCC.CCCN(CCC)C12CC=CC=CC1C2. The monoisotopic (exact) mass is 532 g/mol. The Morgan fingerprint density at radius 2 is 1.34 bits per heavy atom. The van der Waals surface area contributed by atoms with Crippen LogP contribution in [0.15, 0.2) is 48.6 Å². The third kappa shape index (κ3) is 14.7. The maximum Gasteiger partial charge on any atom is 0.0843 e. The predicted octanol–water partition coefficient (Wildman–Crippen LogP) is 9.47. The summed E-state index contributed by atoms with van der Waals surface area (Å²) >= 11 is 0. The molecular formula is C35H65NO2. The van der Waals surface area contributed by atoms with E-state index in [0.717, 1.165) is 17.0 Å². The van der Waals surface area contributed by atoms with E-state index in [9.17, 15) is 10.2 Å². The molecule has 38 heavy (non-hydrogen) atoms. The fraction of sp³-hybridized carbons (Fsp3) is 0.714. The lowest BCUT2D eigenvalue weighted by Gasteiger charge is -2.31. The summed E-state index contributed by atoms with van der Waals surface area (Å²) in [5.74, 6) is 0.825. The molecule has 0 heterocycles. The van der Waals surface area contributed by atoms with Gasteiger partial charge in [-0.05, 0) is 83.5 Å². The summed E-state index contributed by atoms with van der Waals surface area (Å²) in [7, 11) is 0. The summed E-state index contributed by atoms with van der Waals surface area (Å²) in [6.45, 7) is 26.5. The Hall–Kier alpha value is -1.42. The van der Waals surface area contributed by atoms with Crippen LogP contribution in [0, 0.1) is 5.92 Å². The van der Waals surface area contributed by atoms with Crippen molar-refractivity contribution in [3.8, 4) is 0 Å². The van der Waals surface area contributed by atoms with Crippen LogP contribution in [0.1, 0.15) is 133 Å². The summed E-state index contributed by atoms with van der Waals surface area (Å²) in [5.41, 5.74) is 0.781. The molecule has 2 unspecified atom stereocenters. The van der Waals surface area contributed by atoms with E-state index in [2.05, 4.69) is 56.9 Å². The van der Waals surface area contributed by atoms with Gasteiger partial charge in [-0.25, -0.2) is 0 Å². The van der Waals surface area contributed by atoms with E-state index < -0.39 is 11.2 Å². The maximum atomic E-state index is 9.99. The van der Waals surface area contributed by atoms with E-state index in [-0.39, 0.29) is 0 Å². The van der Waals surface area contributed by atoms with Crippen molar-refractivity contribution in [3.63, 3.8) is 0 Å². The quantitative estimate of drug-likeness (QED) is 0.333. The molecule has 0 spiro atoms. The molecule has 2 aliphatic carbocycles. The summed E-state index contributed by atoms with van der Waals surface area (Å²) in [4.78, 5) is 2.73. The lowest BCUT2D eigenvalue weighted by molar-refractivity contribution is 0.0678. The van der Waals surface area contributed by atoms with Crippen molar-refractivity contribution >= 4 is 0 Å². The molecular weight excluding hydrogens is 466 g/mol. The van der Waals surface area contributed by atoms with Gasteiger partial charge in [-0.15, -0.1) is 0 Å². The fourth-order valence-corrected chi connectivity index (χ4v) is 4.68. The van der Waals surface area contributed by atoms with Crippen molar-refractivity contribution in [2.24, 2.45) is 5.92 Å². The van der Waals surface area contributed by atoms with E-state index in [1.807, 2.05) is 52.0 Å². The van der Waals surface area contributed by atoms with Gasteiger partial charge < -0.3 is 10.2 Å². The van der Waals surface area contributed by atoms with Crippen LogP contribution >= 0.6 is 0 Å². The third-order valence-corrected chi connectivity index (χ3v) is 6.58. The number of benzene rings is 1. The molecule has 0 amide bonds. The van der Waals surface area contributed by atoms with Crippen LogP contribution in [0.25, 0.3) is 0 Å². The second kappa shape index (κ2) is 20.5. The van der Waals surface area contributed by atoms with E-state index in [4.69, 9.17) is 0 Å². The van der Waals surface area contributed by atoms with Crippen LogP contribution in [0.2, 0.25) is 0 Å². The Balaban J connectivity index is 0. The lowest BCUT2D eigenvalue weighted by atomic mass is 9.88. The van der Waals surface area contributed by atoms with Gasteiger partial charge in [-0.2, -0.15) is 0 Å². The number of hydrogen-bond acceptors (Lipinski definition) is 3. The molecule has 2 atom stereocenters. The van der Waals surface area contributed by atoms with Crippen LogP contribution in [-0.4, -0.2) is 39.3 Å². The van der Waals surface area contributed by atoms with Gasteiger partial charge in [0.25, 0.3) is 0 Å². The average Bonchev–Trinajstić information content (AvgIpc) is 3.61. The zero-order valence-corrected chi connectivity index (χ0v) is 27.4. The minimum atomic E-state index is -0.859. The first-order valence-corrected chi connectivity index (χ1v) is 15.6. The average molecular weight is 532 g/mol. The minimum absolute atomic E-state index is 0.509. The van der Waals surface area contributed by atoms with Gasteiger partial charge in [-0.3, -0.25) is 4.90 Å². The van der Waals surface area contributed by atoms with Crippen molar-refractivity contribution < 1.29 is 10.2 Å². The standard InChI is InChI=1S/C14H23N.C13H20O2.C4H10.2C2H6/c1-3-10-15(11-4-2)14-9-7-5-6-8-13(14)12-14;1-12(2,14)9-10-7-5-6-8-11(10)13(3,4)15;1-3-4-2;2*1-2/h5-8,13H,3-4,9-12H2,1-2H3;5-8,14-15H,9H2,1-4H3;3-4H2,1-2H3;2*1-2H3. The molecule has 2 N–H and O–H groups in total. The highest BCUT2D eigenvalue weighted by molar-refractivity contribution is 5.32. The van der Waals surface area contributed by atoms with Gasteiger partial charge in [0.15, 0.2) is 0 Å². The number of fused-ring (bicyclic) bond motifs is 1. The highest BCUT2D eigenvalue weighted by atomic mass is 16.3. The summed E-state index contributed by atoms with van der Waals surface area (Å²) in [6, 6.07) is 7.68. The smallest absolute Gasteiger partial charge is 0.0843 e. The Bertz CT molecular complexity index is 746. The van der Waals surface area contributed by atoms with Gasteiger partial charge in [0.2, 0.25) is 0 Å². The predicted molar refractivity (Wildman–Crippen MR) is 171 cm³/mol. The Kier molecular flexibility index (Phi) is 20.9. The molecule has 3 rings (SSSR count). The molecule has 1 aromatic rings. The molecule has 0 aromatic heterocycles. The normalized spacial score (nSPS) is 19.2. The van der Waals surface area contributed by atoms with E-state index in [1.165, 1.54) is 51.6 Å². The number of allylic oxidation sites excluding steroid dienone is 2. The molecule has 3 heteroatoms. The molecule has 2 aliphatic rings. The first kappa shape index (κ1) is 38.7. The second-order valence-corrected chi connectivity index (χ2v) is 11.1. The van der Waals surface area contributed by atoms with Crippen LogP contribution in [0.4, 0.5) is 0 Å². The van der Waals surface area contributed by atoms with Crippen molar-refractivity contribution in [3.05, 3.63) is 59.7 Å². The van der Waals surface area contributed by atoms with Crippen LogP contribution in [0.3, 0.4) is 0 Å². The molecule has 0 aliphatic heterocycles. The van der Waals surface area contributed by atoms with Gasteiger partial charge in [-0.1, -0.05) is 117 Å². The highest BCUT2D eigenvalue weighted by Gasteiger charge is 2.55. The fourth-order valence-electron chi connectivity index (χ4n) is 4.68. The number of nitrogens with zero attached hydrogens (tertiary/aromatic N) is 1. The highest BCUT2D eigenvalue weighted by Crippen LogP contribution is 2.53.